The molecule has 1 aromatic heterocycles. The number of aromatic nitrogens is 1. The fraction of sp³-hybridized carbons (Fsp3) is 0.267. The Morgan fingerprint density at radius 3 is 2.52 bits per heavy atom. The van der Waals surface area contributed by atoms with Crippen molar-refractivity contribution in [3.05, 3.63) is 46.3 Å². The minimum atomic E-state index is -0.456. The van der Waals surface area contributed by atoms with E-state index < -0.39 is 6.04 Å². The fourth-order valence-corrected chi connectivity index (χ4v) is 2.90. The van der Waals surface area contributed by atoms with E-state index in [4.69, 9.17) is 10.3 Å². The van der Waals surface area contributed by atoms with Crippen LogP contribution in [0.2, 0.25) is 0 Å². The van der Waals surface area contributed by atoms with Crippen LogP contribution in [0.4, 0.5) is 5.69 Å². The molecule has 1 atom stereocenters. The zero-order chi connectivity index (χ0) is 15.3. The smallest absolute Gasteiger partial charge is 0.264 e. The van der Waals surface area contributed by atoms with E-state index in [1.165, 1.54) is 4.90 Å². The van der Waals surface area contributed by atoms with E-state index in [0.29, 0.717) is 22.7 Å². The first kappa shape index (κ1) is 13.4. The van der Waals surface area contributed by atoms with Gasteiger partial charge in [-0.15, -0.1) is 0 Å². The molecule has 2 N–H and O–H groups in total. The zero-order valence-electron chi connectivity index (χ0n) is 12.0. The minimum absolute atomic E-state index is 0.279. The van der Waals surface area contributed by atoms with Crippen LogP contribution in [-0.2, 0) is 0 Å². The summed E-state index contributed by atoms with van der Waals surface area (Å²) in [4.78, 5) is 26.3. The van der Waals surface area contributed by atoms with E-state index in [1.54, 1.807) is 39.0 Å². The lowest BCUT2D eigenvalue weighted by molar-refractivity contribution is 0.0594. The molecule has 0 saturated heterocycles. The molecule has 2 heterocycles. The van der Waals surface area contributed by atoms with Crippen LogP contribution in [-0.4, -0.2) is 21.9 Å². The van der Waals surface area contributed by atoms with E-state index >= 15 is 0 Å². The molecule has 1 aliphatic rings. The highest BCUT2D eigenvalue weighted by atomic mass is 16.5. The number of fused-ring (bicyclic) bond motifs is 1. The molecular formula is C15H15N3O3. The van der Waals surface area contributed by atoms with Gasteiger partial charge >= 0.3 is 0 Å². The van der Waals surface area contributed by atoms with Gasteiger partial charge in [0.15, 0.2) is 0 Å². The lowest BCUT2D eigenvalue weighted by atomic mass is 10.1. The van der Waals surface area contributed by atoms with Crippen molar-refractivity contribution >= 4 is 17.5 Å². The lowest BCUT2D eigenvalue weighted by Gasteiger charge is -2.22. The number of benzene rings is 1. The highest BCUT2D eigenvalue weighted by Crippen LogP contribution is 2.35. The Bertz CT molecular complexity index is 744. The molecule has 1 aromatic carbocycles. The third-order valence-corrected chi connectivity index (χ3v) is 3.87. The molecule has 6 nitrogen and oxygen atoms in total. The van der Waals surface area contributed by atoms with Gasteiger partial charge in [0.1, 0.15) is 5.76 Å². The number of nitrogens with zero attached hydrogens (tertiary/aromatic N) is 2. The number of carbonyl (C=O) groups excluding carboxylic acids is 2. The molecule has 0 aliphatic carbocycles. The average Bonchev–Trinajstić information content (AvgIpc) is 2.89. The van der Waals surface area contributed by atoms with Crippen LogP contribution in [0.25, 0.3) is 0 Å². The van der Waals surface area contributed by atoms with Gasteiger partial charge in [-0.1, -0.05) is 11.2 Å². The number of imide groups is 1. The van der Waals surface area contributed by atoms with E-state index in [-0.39, 0.29) is 17.4 Å². The molecule has 0 fully saturated rings. The maximum Gasteiger partial charge on any atom is 0.264 e. The topological polar surface area (TPSA) is 89.4 Å². The van der Waals surface area contributed by atoms with Gasteiger partial charge in [0, 0.05) is 11.3 Å². The highest BCUT2D eigenvalue weighted by Gasteiger charge is 2.41. The Morgan fingerprint density at radius 1 is 1.24 bits per heavy atom. The largest absolute Gasteiger partial charge is 0.398 e. The molecule has 2 aromatic rings. The predicted octanol–water partition coefficient (Wildman–Crippen LogP) is 2.23. The zero-order valence-corrected chi connectivity index (χ0v) is 12.0. The standard InChI is InChI=1S/C15H15N3O3/c1-7-12(9(3)21-17-7)8(2)18-14(19)10-5-4-6-11(16)13(10)15(18)20/h4-6,8H,16H2,1-3H3. The second-order valence-electron chi connectivity index (χ2n) is 5.16. The fourth-order valence-electron chi connectivity index (χ4n) is 2.90. The Morgan fingerprint density at radius 2 is 1.95 bits per heavy atom. The van der Waals surface area contributed by atoms with E-state index in [1.807, 2.05) is 0 Å². The summed E-state index contributed by atoms with van der Waals surface area (Å²) in [6, 6.07) is 4.45. The lowest BCUT2D eigenvalue weighted by Crippen LogP contribution is -2.33. The summed E-state index contributed by atoms with van der Waals surface area (Å²) in [7, 11) is 0. The van der Waals surface area contributed by atoms with Gasteiger partial charge in [-0.25, -0.2) is 0 Å². The molecule has 1 unspecified atom stereocenters. The number of hydrogen-bond acceptors (Lipinski definition) is 5. The quantitative estimate of drug-likeness (QED) is 0.675. The summed E-state index contributed by atoms with van der Waals surface area (Å²) in [5, 5.41) is 3.88. The molecule has 0 spiro atoms. The number of anilines is 1. The first-order valence-electron chi connectivity index (χ1n) is 6.62. The molecule has 2 amide bonds. The number of nitrogens with two attached hydrogens (primary N) is 1. The number of carbonyl (C=O) groups is 2. The van der Waals surface area contributed by atoms with Crippen molar-refractivity contribution in [1.82, 2.24) is 10.1 Å². The number of nitrogen functional groups attached to an aromatic ring is 1. The van der Waals surface area contributed by atoms with Crippen LogP contribution in [0.15, 0.2) is 22.7 Å². The number of hydrogen-bond donors (Lipinski definition) is 1. The van der Waals surface area contributed by atoms with Gasteiger partial charge in [-0.3, -0.25) is 14.5 Å². The molecule has 0 radical (unpaired) electrons. The minimum Gasteiger partial charge on any atom is -0.398 e. The number of amides is 2. The summed E-state index contributed by atoms with van der Waals surface area (Å²) in [6.45, 7) is 5.33. The summed E-state index contributed by atoms with van der Waals surface area (Å²) in [6.07, 6.45) is 0. The van der Waals surface area contributed by atoms with Gasteiger partial charge in [0.05, 0.1) is 22.9 Å². The number of rotatable bonds is 2. The monoisotopic (exact) mass is 285 g/mol. The number of aryl methyl sites for hydroxylation is 2. The SMILES string of the molecule is Cc1noc(C)c1C(C)N1C(=O)c2cccc(N)c2C1=O. The molecule has 3 rings (SSSR count). The van der Waals surface area contributed by atoms with Crippen molar-refractivity contribution in [1.29, 1.82) is 0 Å². The van der Waals surface area contributed by atoms with Crippen LogP contribution >= 0.6 is 0 Å². The normalized spacial score (nSPS) is 15.5. The van der Waals surface area contributed by atoms with Crippen molar-refractivity contribution in [2.75, 3.05) is 5.73 Å². The van der Waals surface area contributed by atoms with Gasteiger partial charge in [-0.05, 0) is 32.9 Å². The van der Waals surface area contributed by atoms with Crippen LogP contribution in [0.3, 0.4) is 0 Å². The summed E-state index contributed by atoms with van der Waals surface area (Å²) in [5.41, 5.74) is 8.20. The van der Waals surface area contributed by atoms with E-state index in [9.17, 15) is 9.59 Å². The van der Waals surface area contributed by atoms with E-state index in [2.05, 4.69) is 5.16 Å². The Kier molecular flexibility index (Phi) is 2.83. The van der Waals surface area contributed by atoms with Crippen molar-refractivity contribution < 1.29 is 14.1 Å². The van der Waals surface area contributed by atoms with Crippen LogP contribution in [0, 0.1) is 13.8 Å². The summed E-state index contributed by atoms with van der Waals surface area (Å²) >= 11 is 0. The van der Waals surface area contributed by atoms with Crippen LogP contribution < -0.4 is 5.73 Å². The molecule has 1 aliphatic heterocycles. The molecule has 6 heteroatoms. The molecule has 0 bridgehead atoms. The Labute approximate surface area is 121 Å². The van der Waals surface area contributed by atoms with Gasteiger partial charge < -0.3 is 10.3 Å². The van der Waals surface area contributed by atoms with Crippen LogP contribution in [0.5, 0.6) is 0 Å². The van der Waals surface area contributed by atoms with Crippen LogP contribution in [0.1, 0.15) is 50.7 Å². The van der Waals surface area contributed by atoms with Gasteiger partial charge in [-0.2, -0.15) is 0 Å². The van der Waals surface area contributed by atoms with Gasteiger partial charge in [0.2, 0.25) is 0 Å². The predicted molar refractivity (Wildman–Crippen MR) is 75.7 cm³/mol. The first-order chi connectivity index (χ1) is 9.93. The van der Waals surface area contributed by atoms with Crippen molar-refractivity contribution in [3.8, 4) is 0 Å². The maximum absolute atomic E-state index is 12.6. The van der Waals surface area contributed by atoms with Gasteiger partial charge in [0.25, 0.3) is 11.8 Å². The maximum atomic E-state index is 12.6. The highest BCUT2D eigenvalue weighted by molar-refractivity contribution is 6.23. The molecular weight excluding hydrogens is 270 g/mol. The van der Waals surface area contributed by atoms with Crippen molar-refractivity contribution in [2.45, 2.75) is 26.8 Å². The van der Waals surface area contributed by atoms with Crippen molar-refractivity contribution in [3.63, 3.8) is 0 Å². The third kappa shape index (κ3) is 1.75. The second kappa shape index (κ2) is 4.44. The Hall–Kier alpha value is -2.63. The molecule has 0 saturated carbocycles. The van der Waals surface area contributed by atoms with E-state index in [0.717, 1.165) is 5.56 Å². The second-order valence-corrected chi connectivity index (χ2v) is 5.16. The first-order valence-corrected chi connectivity index (χ1v) is 6.62. The molecule has 21 heavy (non-hydrogen) atoms. The Balaban J connectivity index is 2.08. The van der Waals surface area contributed by atoms with Crippen molar-refractivity contribution in [2.24, 2.45) is 0 Å². The summed E-state index contributed by atoms with van der Waals surface area (Å²) in [5.74, 6) is -0.111. The molecule has 108 valence electrons. The summed E-state index contributed by atoms with van der Waals surface area (Å²) < 4.78 is 5.12. The third-order valence-electron chi connectivity index (χ3n) is 3.87. The average molecular weight is 285 g/mol.